The summed E-state index contributed by atoms with van der Waals surface area (Å²) in [5.74, 6) is 0.190. The molecule has 29 heavy (non-hydrogen) atoms. The number of hydrogen-bond donors (Lipinski definition) is 1. The Morgan fingerprint density at radius 2 is 1.62 bits per heavy atom. The number of hydrazone groups is 1. The summed E-state index contributed by atoms with van der Waals surface area (Å²) in [7, 11) is 0. The largest absolute Gasteiger partial charge is 0.481 e. The fourth-order valence-corrected chi connectivity index (χ4v) is 3.42. The lowest BCUT2D eigenvalue weighted by Gasteiger charge is -2.13. The lowest BCUT2D eigenvalue weighted by atomic mass is 9.97. The molecule has 0 aliphatic rings. The van der Waals surface area contributed by atoms with E-state index in [1.165, 1.54) is 0 Å². The summed E-state index contributed by atoms with van der Waals surface area (Å²) in [5.41, 5.74) is 3.53. The van der Waals surface area contributed by atoms with E-state index in [-0.39, 0.29) is 5.91 Å². The van der Waals surface area contributed by atoms with Crippen LogP contribution in [0, 0.1) is 0 Å². The molecule has 0 radical (unpaired) electrons. The number of nitrogens with zero attached hydrogens (tertiary/aromatic N) is 1. The summed E-state index contributed by atoms with van der Waals surface area (Å²) in [6.07, 6.45) is 0.976. The topological polar surface area (TPSA) is 50.7 Å². The molecule has 0 spiro atoms. The van der Waals surface area contributed by atoms with Crippen LogP contribution < -0.4 is 10.2 Å². The third kappa shape index (κ3) is 4.23. The van der Waals surface area contributed by atoms with Gasteiger partial charge in [-0.2, -0.15) is 5.10 Å². The molecule has 0 bridgehead atoms. The Hall–Kier alpha value is -3.37. The van der Waals surface area contributed by atoms with Crippen molar-refractivity contribution in [3.8, 4) is 5.75 Å². The van der Waals surface area contributed by atoms with E-state index in [1.54, 1.807) is 37.4 Å². The molecule has 4 rings (SSSR count). The van der Waals surface area contributed by atoms with Crippen molar-refractivity contribution in [3.05, 3.63) is 89.4 Å². The molecule has 1 unspecified atom stereocenters. The van der Waals surface area contributed by atoms with Crippen molar-refractivity contribution in [2.75, 3.05) is 0 Å². The van der Waals surface area contributed by atoms with Gasteiger partial charge in [0.15, 0.2) is 6.10 Å². The monoisotopic (exact) mass is 402 g/mol. The van der Waals surface area contributed by atoms with Crippen LogP contribution in [-0.4, -0.2) is 18.2 Å². The first-order valence-corrected chi connectivity index (χ1v) is 9.65. The number of benzene rings is 4. The number of fused-ring (bicyclic) bond motifs is 2. The van der Waals surface area contributed by atoms with Crippen molar-refractivity contribution >= 4 is 45.3 Å². The van der Waals surface area contributed by atoms with E-state index in [1.807, 2.05) is 24.3 Å². The van der Waals surface area contributed by atoms with E-state index in [0.717, 1.165) is 27.1 Å². The van der Waals surface area contributed by atoms with Crippen LogP contribution >= 0.6 is 11.6 Å². The van der Waals surface area contributed by atoms with Crippen LogP contribution in [0.1, 0.15) is 12.5 Å². The van der Waals surface area contributed by atoms with Gasteiger partial charge in [-0.05, 0) is 52.7 Å². The second-order valence-electron chi connectivity index (χ2n) is 6.68. The van der Waals surface area contributed by atoms with Crippen molar-refractivity contribution in [2.45, 2.75) is 13.0 Å². The van der Waals surface area contributed by atoms with Gasteiger partial charge in [0.2, 0.25) is 0 Å². The molecule has 0 aliphatic heterocycles. The van der Waals surface area contributed by atoms with Gasteiger partial charge in [-0.1, -0.05) is 66.2 Å². The molecule has 0 saturated carbocycles. The molecule has 0 heterocycles. The highest BCUT2D eigenvalue weighted by Gasteiger charge is 2.14. The predicted molar refractivity (Wildman–Crippen MR) is 119 cm³/mol. The molecule has 0 aliphatic carbocycles. The first-order chi connectivity index (χ1) is 14.1. The molecule has 5 heteroatoms. The summed E-state index contributed by atoms with van der Waals surface area (Å²) in [5, 5.41) is 9.14. The first kappa shape index (κ1) is 19.0. The Bertz CT molecular complexity index is 1170. The van der Waals surface area contributed by atoms with E-state index < -0.39 is 6.10 Å². The van der Waals surface area contributed by atoms with Gasteiger partial charge in [0, 0.05) is 10.6 Å². The van der Waals surface area contributed by atoms with Gasteiger partial charge in [0.1, 0.15) is 5.75 Å². The zero-order chi connectivity index (χ0) is 20.2. The Morgan fingerprint density at radius 3 is 2.28 bits per heavy atom. The lowest BCUT2D eigenvalue weighted by molar-refractivity contribution is -0.127. The maximum absolute atomic E-state index is 12.4. The minimum atomic E-state index is -0.713. The van der Waals surface area contributed by atoms with Crippen LogP contribution in [0.3, 0.4) is 0 Å². The molecular weight excluding hydrogens is 384 g/mol. The highest BCUT2D eigenvalue weighted by atomic mass is 35.5. The van der Waals surface area contributed by atoms with Crippen LogP contribution in [-0.2, 0) is 4.79 Å². The number of hydrogen-bond acceptors (Lipinski definition) is 3. The van der Waals surface area contributed by atoms with Crippen molar-refractivity contribution in [2.24, 2.45) is 5.10 Å². The summed E-state index contributed by atoms with van der Waals surface area (Å²) >= 11 is 5.95. The van der Waals surface area contributed by atoms with Crippen molar-refractivity contribution in [3.63, 3.8) is 0 Å². The lowest BCUT2D eigenvalue weighted by Crippen LogP contribution is -2.33. The standard InChI is InChI=1S/C24H19ClN2O2/c1-16(29-20-10-6-9-19(25)14-20)24(28)27-26-15-23-21-11-4-2-7-17(21)13-18-8-3-5-12-22(18)23/h2-16H,1H3,(H,27,28)/b26-15+. The van der Waals surface area contributed by atoms with Crippen LogP contribution in [0.5, 0.6) is 5.75 Å². The minimum absolute atomic E-state index is 0.342. The highest BCUT2D eigenvalue weighted by molar-refractivity contribution is 6.30. The predicted octanol–water partition coefficient (Wildman–Crippen LogP) is 5.56. The smallest absolute Gasteiger partial charge is 0.280 e. The van der Waals surface area contributed by atoms with Gasteiger partial charge >= 0.3 is 0 Å². The maximum atomic E-state index is 12.4. The third-order valence-corrected chi connectivity index (χ3v) is 4.89. The average Bonchev–Trinajstić information content (AvgIpc) is 2.73. The third-order valence-electron chi connectivity index (χ3n) is 4.66. The Morgan fingerprint density at radius 1 is 0.966 bits per heavy atom. The fraction of sp³-hybridized carbons (Fsp3) is 0.0833. The molecule has 1 N–H and O–H groups in total. The van der Waals surface area contributed by atoms with E-state index in [9.17, 15) is 4.79 Å². The van der Waals surface area contributed by atoms with E-state index >= 15 is 0 Å². The number of halogens is 1. The maximum Gasteiger partial charge on any atom is 0.280 e. The number of nitrogens with one attached hydrogen (secondary N) is 1. The van der Waals surface area contributed by atoms with Crippen molar-refractivity contribution in [1.82, 2.24) is 5.43 Å². The number of ether oxygens (including phenoxy) is 1. The molecule has 1 atom stereocenters. The van der Waals surface area contributed by atoms with Crippen LogP contribution in [0.2, 0.25) is 5.02 Å². The first-order valence-electron chi connectivity index (χ1n) is 9.27. The van der Waals surface area contributed by atoms with Crippen LogP contribution in [0.25, 0.3) is 21.5 Å². The molecule has 0 fully saturated rings. The zero-order valence-electron chi connectivity index (χ0n) is 15.8. The van der Waals surface area contributed by atoms with Crippen LogP contribution in [0.4, 0.5) is 0 Å². The molecule has 4 nitrogen and oxygen atoms in total. The van der Waals surface area contributed by atoms with E-state index in [0.29, 0.717) is 10.8 Å². The number of amides is 1. The molecule has 0 saturated heterocycles. The summed E-state index contributed by atoms with van der Waals surface area (Å²) < 4.78 is 5.63. The molecule has 0 aromatic heterocycles. The number of rotatable bonds is 5. The SMILES string of the molecule is CC(Oc1cccc(Cl)c1)C(=O)N/N=C/c1c2ccccc2cc2ccccc12. The summed E-state index contributed by atoms with van der Waals surface area (Å²) in [6, 6.07) is 25.3. The van der Waals surface area contributed by atoms with Gasteiger partial charge in [-0.15, -0.1) is 0 Å². The van der Waals surface area contributed by atoms with Gasteiger partial charge < -0.3 is 4.74 Å². The second-order valence-corrected chi connectivity index (χ2v) is 7.12. The van der Waals surface area contributed by atoms with Crippen molar-refractivity contribution in [1.29, 1.82) is 0 Å². The van der Waals surface area contributed by atoms with Gasteiger partial charge in [-0.3, -0.25) is 4.79 Å². The fourth-order valence-electron chi connectivity index (χ4n) is 3.24. The molecule has 1 amide bonds. The highest BCUT2D eigenvalue weighted by Crippen LogP contribution is 2.27. The van der Waals surface area contributed by atoms with Gasteiger partial charge in [-0.25, -0.2) is 5.43 Å². The van der Waals surface area contributed by atoms with E-state index in [4.69, 9.17) is 16.3 Å². The average molecular weight is 403 g/mol. The van der Waals surface area contributed by atoms with Gasteiger partial charge in [0.25, 0.3) is 5.91 Å². The Balaban J connectivity index is 1.55. The minimum Gasteiger partial charge on any atom is -0.481 e. The molecule has 4 aromatic rings. The summed E-state index contributed by atoms with van der Waals surface area (Å²) in [6.45, 7) is 1.67. The second kappa shape index (κ2) is 8.33. The normalized spacial score (nSPS) is 12.3. The Labute approximate surface area is 173 Å². The van der Waals surface area contributed by atoms with Crippen molar-refractivity contribution < 1.29 is 9.53 Å². The van der Waals surface area contributed by atoms with Gasteiger partial charge in [0.05, 0.1) is 6.21 Å². The summed E-state index contributed by atoms with van der Waals surface area (Å²) in [4.78, 5) is 12.4. The number of carbonyl (C=O) groups excluding carboxylic acids is 1. The van der Waals surface area contributed by atoms with Crippen LogP contribution in [0.15, 0.2) is 84.0 Å². The Kier molecular flexibility index (Phi) is 5.45. The quantitative estimate of drug-likeness (QED) is 0.270. The molecular formula is C24H19ClN2O2. The number of carbonyl (C=O) groups is 1. The molecule has 4 aromatic carbocycles. The van der Waals surface area contributed by atoms with E-state index in [2.05, 4.69) is 40.9 Å². The molecule has 144 valence electrons. The zero-order valence-corrected chi connectivity index (χ0v) is 16.6.